The van der Waals surface area contributed by atoms with Crippen LogP contribution in [0.2, 0.25) is 0 Å². The molecule has 0 radical (unpaired) electrons. The van der Waals surface area contributed by atoms with Crippen LogP contribution in [0.1, 0.15) is 5.56 Å². The van der Waals surface area contributed by atoms with E-state index in [0.717, 1.165) is 28.1 Å². The van der Waals surface area contributed by atoms with E-state index in [9.17, 15) is 0 Å². The number of aromatic nitrogens is 2. The Labute approximate surface area is 135 Å². The molecule has 4 rings (SSSR count). The quantitative estimate of drug-likeness (QED) is 0.572. The summed E-state index contributed by atoms with van der Waals surface area (Å²) in [6.07, 6.45) is 0. The molecule has 0 saturated heterocycles. The fraction of sp³-hybridized carbons (Fsp3) is 0.0500. The van der Waals surface area contributed by atoms with Crippen LogP contribution in [0.3, 0.4) is 0 Å². The van der Waals surface area contributed by atoms with Crippen LogP contribution in [0, 0.1) is 6.92 Å². The van der Waals surface area contributed by atoms with Gasteiger partial charge in [-0.05, 0) is 42.8 Å². The Morgan fingerprint density at radius 2 is 1.48 bits per heavy atom. The lowest BCUT2D eigenvalue weighted by Crippen LogP contribution is -2.02. The number of anilines is 2. The van der Waals surface area contributed by atoms with Gasteiger partial charge in [0.25, 0.3) is 0 Å². The fourth-order valence-corrected chi connectivity index (χ4v) is 2.78. The SMILES string of the molecule is Cc1cccc2c(Nc3ccccc3)n(-c3ccccc3)nc12. The zero-order chi connectivity index (χ0) is 15.6. The number of nitrogens with one attached hydrogen (secondary N) is 1. The summed E-state index contributed by atoms with van der Waals surface area (Å²) in [6.45, 7) is 2.09. The Bertz CT molecular complexity index is 941. The number of hydrogen-bond acceptors (Lipinski definition) is 2. The van der Waals surface area contributed by atoms with Gasteiger partial charge in [0.2, 0.25) is 0 Å². The molecule has 1 N–H and O–H groups in total. The Morgan fingerprint density at radius 3 is 2.22 bits per heavy atom. The molecule has 4 aromatic rings. The van der Waals surface area contributed by atoms with E-state index < -0.39 is 0 Å². The largest absolute Gasteiger partial charge is 0.340 e. The minimum absolute atomic E-state index is 0.987. The van der Waals surface area contributed by atoms with Gasteiger partial charge in [-0.15, -0.1) is 0 Å². The van der Waals surface area contributed by atoms with Gasteiger partial charge in [-0.25, -0.2) is 4.68 Å². The van der Waals surface area contributed by atoms with Gasteiger partial charge < -0.3 is 5.32 Å². The summed E-state index contributed by atoms with van der Waals surface area (Å²) >= 11 is 0. The Hall–Kier alpha value is -3.07. The first-order valence-electron chi connectivity index (χ1n) is 7.69. The Morgan fingerprint density at radius 1 is 0.783 bits per heavy atom. The number of para-hydroxylation sites is 2. The van der Waals surface area contributed by atoms with Crippen LogP contribution in [0.5, 0.6) is 0 Å². The summed E-state index contributed by atoms with van der Waals surface area (Å²) in [5, 5.41) is 9.48. The number of nitrogens with zero attached hydrogens (tertiary/aromatic N) is 2. The van der Waals surface area contributed by atoms with Crippen LogP contribution in [0.4, 0.5) is 11.5 Å². The van der Waals surface area contributed by atoms with Gasteiger partial charge in [0.1, 0.15) is 5.82 Å². The standard InChI is InChI=1S/C20H17N3/c1-15-9-8-14-18-19(15)22-23(17-12-6-3-7-13-17)20(18)21-16-10-4-2-5-11-16/h2-14,21H,1H3. The van der Waals surface area contributed by atoms with E-state index >= 15 is 0 Å². The van der Waals surface area contributed by atoms with Gasteiger partial charge in [0.05, 0.1) is 11.2 Å². The van der Waals surface area contributed by atoms with Crippen molar-refractivity contribution in [1.29, 1.82) is 0 Å². The molecular weight excluding hydrogens is 282 g/mol. The zero-order valence-corrected chi connectivity index (χ0v) is 12.9. The number of hydrogen-bond donors (Lipinski definition) is 1. The van der Waals surface area contributed by atoms with Crippen molar-refractivity contribution in [3.05, 3.63) is 84.4 Å². The lowest BCUT2D eigenvalue weighted by molar-refractivity contribution is 0.902. The van der Waals surface area contributed by atoms with Gasteiger partial charge in [-0.2, -0.15) is 5.10 Å². The third-order valence-corrected chi connectivity index (χ3v) is 3.94. The van der Waals surface area contributed by atoms with Crippen molar-refractivity contribution in [2.45, 2.75) is 6.92 Å². The Balaban J connectivity index is 1.94. The molecule has 112 valence electrons. The summed E-state index contributed by atoms with van der Waals surface area (Å²) in [5.74, 6) is 0.987. The molecule has 0 fully saturated rings. The van der Waals surface area contributed by atoms with Gasteiger partial charge in [0, 0.05) is 11.1 Å². The maximum atomic E-state index is 4.83. The highest BCUT2D eigenvalue weighted by Gasteiger charge is 2.14. The average molecular weight is 299 g/mol. The number of rotatable bonds is 3. The summed E-state index contributed by atoms with van der Waals surface area (Å²) in [6, 6.07) is 26.7. The van der Waals surface area contributed by atoms with Crippen molar-refractivity contribution in [1.82, 2.24) is 9.78 Å². The highest BCUT2D eigenvalue weighted by Crippen LogP contribution is 2.30. The molecule has 1 heterocycles. The predicted molar refractivity (Wildman–Crippen MR) is 95.5 cm³/mol. The molecule has 1 aromatic heterocycles. The van der Waals surface area contributed by atoms with E-state index in [4.69, 9.17) is 5.10 Å². The Kier molecular flexibility index (Phi) is 3.31. The highest BCUT2D eigenvalue weighted by molar-refractivity contribution is 5.94. The molecule has 0 spiro atoms. The summed E-state index contributed by atoms with van der Waals surface area (Å²) < 4.78 is 1.98. The third-order valence-electron chi connectivity index (χ3n) is 3.94. The molecule has 0 aliphatic carbocycles. The molecule has 0 bridgehead atoms. The predicted octanol–water partition coefficient (Wildman–Crippen LogP) is 5.08. The molecule has 3 aromatic carbocycles. The topological polar surface area (TPSA) is 29.9 Å². The van der Waals surface area contributed by atoms with Crippen LogP contribution < -0.4 is 5.32 Å². The van der Waals surface area contributed by atoms with E-state index in [1.165, 1.54) is 5.56 Å². The molecular formula is C20H17N3. The molecule has 0 aliphatic heterocycles. The van der Waals surface area contributed by atoms with Gasteiger partial charge in [0.15, 0.2) is 0 Å². The monoisotopic (exact) mass is 299 g/mol. The maximum Gasteiger partial charge on any atom is 0.142 e. The van der Waals surface area contributed by atoms with Crippen molar-refractivity contribution < 1.29 is 0 Å². The van der Waals surface area contributed by atoms with Crippen molar-refractivity contribution in [3.63, 3.8) is 0 Å². The van der Waals surface area contributed by atoms with Gasteiger partial charge >= 0.3 is 0 Å². The summed E-state index contributed by atoms with van der Waals surface area (Å²) in [7, 11) is 0. The second-order valence-electron chi connectivity index (χ2n) is 5.56. The second-order valence-corrected chi connectivity index (χ2v) is 5.56. The molecule has 3 heteroatoms. The van der Waals surface area contributed by atoms with Crippen LogP contribution in [-0.4, -0.2) is 9.78 Å². The minimum atomic E-state index is 0.987. The average Bonchev–Trinajstić information content (AvgIpc) is 2.97. The molecule has 0 amide bonds. The first kappa shape index (κ1) is 13.6. The fourth-order valence-electron chi connectivity index (χ4n) is 2.78. The molecule has 3 nitrogen and oxygen atoms in total. The number of benzene rings is 3. The van der Waals surface area contributed by atoms with E-state index in [-0.39, 0.29) is 0 Å². The normalized spacial score (nSPS) is 10.8. The van der Waals surface area contributed by atoms with Crippen molar-refractivity contribution in [2.24, 2.45) is 0 Å². The zero-order valence-electron chi connectivity index (χ0n) is 12.9. The maximum absolute atomic E-state index is 4.83. The van der Waals surface area contributed by atoms with E-state index in [1.807, 2.05) is 41.1 Å². The smallest absolute Gasteiger partial charge is 0.142 e. The third kappa shape index (κ3) is 2.46. The second kappa shape index (κ2) is 5.61. The lowest BCUT2D eigenvalue weighted by Gasteiger charge is -2.10. The van der Waals surface area contributed by atoms with Gasteiger partial charge in [-0.3, -0.25) is 0 Å². The summed E-state index contributed by atoms with van der Waals surface area (Å²) in [4.78, 5) is 0. The molecule has 23 heavy (non-hydrogen) atoms. The van der Waals surface area contributed by atoms with Crippen LogP contribution in [0.15, 0.2) is 78.9 Å². The van der Waals surface area contributed by atoms with Gasteiger partial charge in [-0.1, -0.05) is 48.5 Å². The van der Waals surface area contributed by atoms with Crippen LogP contribution >= 0.6 is 0 Å². The first-order valence-corrected chi connectivity index (χ1v) is 7.69. The molecule has 0 saturated carbocycles. The lowest BCUT2D eigenvalue weighted by atomic mass is 10.1. The highest BCUT2D eigenvalue weighted by atomic mass is 15.3. The van der Waals surface area contributed by atoms with Crippen molar-refractivity contribution >= 4 is 22.4 Å². The van der Waals surface area contributed by atoms with Crippen LogP contribution in [0.25, 0.3) is 16.6 Å². The van der Waals surface area contributed by atoms with Crippen LogP contribution in [-0.2, 0) is 0 Å². The minimum Gasteiger partial charge on any atom is -0.340 e. The van der Waals surface area contributed by atoms with Crippen molar-refractivity contribution in [3.8, 4) is 5.69 Å². The van der Waals surface area contributed by atoms with E-state index in [2.05, 4.69) is 54.7 Å². The molecule has 0 unspecified atom stereocenters. The van der Waals surface area contributed by atoms with Crippen molar-refractivity contribution in [2.75, 3.05) is 5.32 Å². The van der Waals surface area contributed by atoms with E-state index in [0.29, 0.717) is 0 Å². The van der Waals surface area contributed by atoms with E-state index in [1.54, 1.807) is 0 Å². The molecule has 0 atom stereocenters. The number of fused-ring (bicyclic) bond motifs is 1. The first-order chi connectivity index (χ1) is 11.3. The summed E-state index contributed by atoms with van der Waals surface area (Å²) in [5.41, 5.74) is 4.29. The number of aryl methyl sites for hydroxylation is 1. The molecule has 0 aliphatic rings.